The molecule has 0 amide bonds. The molecule has 172 valence electrons. The van der Waals surface area contributed by atoms with Gasteiger partial charge in [0.05, 0.1) is 24.9 Å². The van der Waals surface area contributed by atoms with Gasteiger partial charge in [-0.1, -0.05) is 19.9 Å². The summed E-state index contributed by atoms with van der Waals surface area (Å²) >= 11 is 0. The number of ether oxygens (including phenoxy) is 3. The minimum atomic E-state index is -1.38. The largest absolute Gasteiger partial charge is 0.465 e. The molecule has 0 saturated carbocycles. The molecule has 0 spiro atoms. The van der Waals surface area contributed by atoms with Gasteiger partial charge < -0.3 is 19.3 Å². The van der Waals surface area contributed by atoms with E-state index in [1.807, 2.05) is 19.9 Å². The van der Waals surface area contributed by atoms with Gasteiger partial charge in [-0.2, -0.15) is 0 Å². The molecule has 2 aliphatic carbocycles. The fourth-order valence-electron chi connectivity index (χ4n) is 5.36. The van der Waals surface area contributed by atoms with Crippen LogP contribution in [0, 0.1) is 5.41 Å². The summed E-state index contributed by atoms with van der Waals surface area (Å²) in [5, 5.41) is 11.4. The van der Waals surface area contributed by atoms with Crippen molar-refractivity contribution in [2.45, 2.75) is 84.3 Å². The lowest BCUT2D eigenvalue weighted by Gasteiger charge is -2.35. The summed E-state index contributed by atoms with van der Waals surface area (Å²) in [6.07, 6.45) is 4.24. The molecule has 31 heavy (non-hydrogen) atoms. The smallest absolute Gasteiger partial charge is 0.324 e. The fraction of sp³-hybridized carbons (Fsp3) is 0.680. The van der Waals surface area contributed by atoms with Crippen molar-refractivity contribution in [3.05, 3.63) is 33.9 Å². The highest BCUT2D eigenvalue weighted by Crippen LogP contribution is 2.49. The third-order valence-corrected chi connectivity index (χ3v) is 7.16. The lowest BCUT2D eigenvalue weighted by atomic mass is 9.75. The Bertz CT molecular complexity index is 821. The average molecular weight is 433 g/mol. The highest BCUT2D eigenvalue weighted by molar-refractivity contribution is 6.01. The molecule has 6 nitrogen and oxygen atoms in total. The Hall–Kier alpha value is -1.92. The maximum absolute atomic E-state index is 13.1. The molecular formula is C25H36O6. The van der Waals surface area contributed by atoms with Crippen molar-refractivity contribution >= 4 is 11.9 Å². The summed E-state index contributed by atoms with van der Waals surface area (Å²) in [5.41, 5.74) is 2.65. The Morgan fingerprint density at radius 3 is 2.19 bits per heavy atom. The number of fused-ring (bicyclic) bond motifs is 3. The maximum Gasteiger partial charge on any atom is 0.324 e. The van der Waals surface area contributed by atoms with Crippen molar-refractivity contribution < 1.29 is 28.9 Å². The summed E-state index contributed by atoms with van der Waals surface area (Å²) in [7, 11) is 1.70. The zero-order chi connectivity index (χ0) is 22.8. The van der Waals surface area contributed by atoms with E-state index in [0.29, 0.717) is 12.8 Å². The highest BCUT2D eigenvalue weighted by Gasteiger charge is 2.54. The first kappa shape index (κ1) is 23.7. The number of carbonyl (C=O) groups is 2. The van der Waals surface area contributed by atoms with E-state index >= 15 is 0 Å². The Kier molecular flexibility index (Phi) is 7.11. The van der Waals surface area contributed by atoms with E-state index in [9.17, 15) is 14.7 Å². The van der Waals surface area contributed by atoms with Crippen LogP contribution in [-0.2, 0) is 48.7 Å². The molecule has 0 fully saturated rings. The second-order valence-electron chi connectivity index (χ2n) is 8.69. The molecule has 6 heteroatoms. The molecule has 1 N–H and O–H groups in total. The number of carbonyl (C=O) groups excluding carboxylic acids is 2. The number of hydrogen-bond donors (Lipinski definition) is 1. The third-order valence-electron chi connectivity index (χ3n) is 7.16. The van der Waals surface area contributed by atoms with E-state index in [1.165, 1.54) is 0 Å². The van der Waals surface area contributed by atoms with Crippen LogP contribution in [0.15, 0.2) is 6.07 Å². The van der Waals surface area contributed by atoms with Crippen LogP contribution < -0.4 is 0 Å². The van der Waals surface area contributed by atoms with Crippen molar-refractivity contribution in [1.29, 1.82) is 0 Å². The van der Waals surface area contributed by atoms with Gasteiger partial charge in [0, 0.05) is 13.5 Å². The number of benzene rings is 1. The van der Waals surface area contributed by atoms with Crippen LogP contribution in [0.3, 0.4) is 0 Å². The number of hydrogen-bond acceptors (Lipinski definition) is 6. The number of rotatable bonds is 8. The second-order valence-corrected chi connectivity index (χ2v) is 8.69. The monoisotopic (exact) mass is 432 g/mol. The molecule has 1 atom stereocenters. The standard InChI is InChI=1S/C25H36O6/c1-6-25(28,7-2)19-13-16-14-24(22(26)30-8-3,23(27)31-9-4)15-18(16)21-17(19)11-10-12-20(21)29-5/h13,20,28H,6-12,14-15H2,1-5H3. The minimum absolute atomic E-state index is 0.115. The van der Waals surface area contributed by atoms with Gasteiger partial charge in [-0.15, -0.1) is 0 Å². The molecule has 1 unspecified atom stereocenters. The van der Waals surface area contributed by atoms with Gasteiger partial charge in [0.2, 0.25) is 0 Å². The van der Waals surface area contributed by atoms with Crippen molar-refractivity contribution in [2.24, 2.45) is 5.41 Å². The molecule has 0 aliphatic heterocycles. The van der Waals surface area contributed by atoms with E-state index in [1.54, 1.807) is 21.0 Å². The highest BCUT2D eigenvalue weighted by atomic mass is 16.6. The van der Waals surface area contributed by atoms with Crippen LogP contribution in [0.4, 0.5) is 0 Å². The van der Waals surface area contributed by atoms with Crippen LogP contribution in [0.1, 0.15) is 87.3 Å². The summed E-state index contributed by atoms with van der Waals surface area (Å²) in [6.45, 7) is 7.85. The van der Waals surface area contributed by atoms with Gasteiger partial charge in [-0.05, 0) is 80.2 Å². The van der Waals surface area contributed by atoms with Gasteiger partial charge in [0.15, 0.2) is 5.41 Å². The number of esters is 2. The molecule has 0 radical (unpaired) electrons. The zero-order valence-electron chi connectivity index (χ0n) is 19.5. The first-order valence-electron chi connectivity index (χ1n) is 11.6. The molecule has 1 aromatic rings. The molecule has 2 aliphatic rings. The lowest BCUT2D eigenvalue weighted by Crippen LogP contribution is -2.43. The summed E-state index contributed by atoms with van der Waals surface area (Å²) in [6, 6.07) is 2.03. The molecule has 0 heterocycles. The van der Waals surface area contributed by atoms with Crippen LogP contribution in [0.2, 0.25) is 0 Å². The van der Waals surface area contributed by atoms with E-state index < -0.39 is 23.0 Å². The molecule has 3 rings (SSSR count). The van der Waals surface area contributed by atoms with Gasteiger partial charge in [0.1, 0.15) is 0 Å². The SMILES string of the molecule is CCOC(=O)C1(C(=O)OCC)Cc2cc(C(O)(CC)CC)c3c(c2C1)C(OC)CCC3. The third kappa shape index (κ3) is 3.89. The van der Waals surface area contributed by atoms with Crippen molar-refractivity contribution in [3.8, 4) is 0 Å². The van der Waals surface area contributed by atoms with Crippen molar-refractivity contribution in [3.63, 3.8) is 0 Å². The van der Waals surface area contributed by atoms with Gasteiger partial charge in [0.25, 0.3) is 0 Å². The van der Waals surface area contributed by atoms with E-state index in [4.69, 9.17) is 14.2 Å². The van der Waals surface area contributed by atoms with E-state index in [0.717, 1.165) is 47.1 Å². The molecule has 0 bridgehead atoms. The average Bonchev–Trinajstić information content (AvgIpc) is 3.19. The molecule has 1 aromatic carbocycles. The zero-order valence-corrected chi connectivity index (χ0v) is 19.5. The maximum atomic E-state index is 13.1. The predicted octanol–water partition coefficient (Wildman–Crippen LogP) is 3.93. The minimum Gasteiger partial charge on any atom is -0.465 e. The fourth-order valence-corrected chi connectivity index (χ4v) is 5.36. The normalized spacial score (nSPS) is 19.5. The molecule has 0 aromatic heterocycles. The molecular weight excluding hydrogens is 396 g/mol. The van der Waals surface area contributed by atoms with Gasteiger partial charge in [-0.3, -0.25) is 9.59 Å². The first-order chi connectivity index (χ1) is 14.8. The number of aliphatic hydroxyl groups is 1. The van der Waals surface area contributed by atoms with Gasteiger partial charge in [-0.25, -0.2) is 0 Å². The Morgan fingerprint density at radius 2 is 1.68 bits per heavy atom. The summed E-state index contributed by atoms with van der Waals surface area (Å²) in [5.74, 6) is -1.07. The quantitative estimate of drug-likeness (QED) is 0.495. The van der Waals surface area contributed by atoms with Crippen molar-refractivity contribution in [2.75, 3.05) is 20.3 Å². The van der Waals surface area contributed by atoms with Crippen molar-refractivity contribution in [1.82, 2.24) is 0 Å². The first-order valence-corrected chi connectivity index (χ1v) is 11.6. The van der Waals surface area contributed by atoms with Gasteiger partial charge >= 0.3 is 11.9 Å². The number of methoxy groups -OCH3 is 1. The van der Waals surface area contributed by atoms with E-state index in [-0.39, 0.29) is 32.2 Å². The van der Waals surface area contributed by atoms with Crippen LogP contribution in [-0.4, -0.2) is 37.4 Å². The predicted molar refractivity (Wildman–Crippen MR) is 117 cm³/mol. The van der Waals surface area contributed by atoms with Crippen LogP contribution >= 0.6 is 0 Å². The van der Waals surface area contributed by atoms with E-state index in [2.05, 4.69) is 0 Å². The summed E-state index contributed by atoms with van der Waals surface area (Å²) < 4.78 is 16.5. The molecule has 0 saturated heterocycles. The topological polar surface area (TPSA) is 82.1 Å². The lowest BCUT2D eigenvalue weighted by molar-refractivity contribution is -0.171. The summed E-state index contributed by atoms with van der Waals surface area (Å²) in [4.78, 5) is 26.1. The Morgan fingerprint density at radius 1 is 1.06 bits per heavy atom. The van der Waals surface area contributed by atoms with Crippen LogP contribution in [0.5, 0.6) is 0 Å². The second kappa shape index (κ2) is 9.29. The Balaban J connectivity index is 2.23. The van der Waals surface area contributed by atoms with Crippen LogP contribution in [0.25, 0.3) is 0 Å². The Labute approximate surface area is 185 Å².